The van der Waals surface area contributed by atoms with Crippen molar-refractivity contribution in [2.45, 2.75) is 33.4 Å². The highest BCUT2D eigenvalue weighted by Gasteiger charge is 2.17. The summed E-state index contributed by atoms with van der Waals surface area (Å²) >= 11 is 7.55. The summed E-state index contributed by atoms with van der Waals surface area (Å²) in [6.45, 7) is 6.48. The number of nitrogens with zero attached hydrogens (tertiary/aromatic N) is 6. The molecule has 0 fully saturated rings. The Hall–Kier alpha value is -2.78. The first kappa shape index (κ1) is 19.5. The molecule has 0 bridgehead atoms. The predicted molar refractivity (Wildman–Crippen MR) is 111 cm³/mol. The van der Waals surface area contributed by atoms with E-state index in [-0.39, 0.29) is 11.9 Å². The van der Waals surface area contributed by atoms with Crippen LogP contribution in [0, 0.1) is 19.7 Å². The second-order valence-electron chi connectivity index (χ2n) is 6.75. The number of hydrogen-bond donors (Lipinski definition) is 1. The Morgan fingerprint density at radius 2 is 2.00 bits per heavy atom. The number of anilines is 2. The monoisotopic (exact) mass is 431 g/mol. The number of aryl methyl sites for hydroxylation is 2. The molecule has 4 aromatic rings. The van der Waals surface area contributed by atoms with Gasteiger partial charge in [0.2, 0.25) is 5.13 Å². The van der Waals surface area contributed by atoms with Crippen LogP contribution in [-0.2, 0) is 6.54 Å². The highest BCUT2D eigenvalue weighted by atomic mass is 35.5. The van der Waals surface area contributed by atoms with E-state index in [4.69, 9.17) is 11.6 Å². The van der Waals surface area contributed by atoms with Crippen molar-refractivity contribution in [2.24, 2.45) is 0 Å². The Morgan fingerprint density at radius 3 is 2.72 bits per heavy atom. The van der Waals surface area contributed by atoms with Crippen molar-refractivity contribution in [3.8, 4) is 0 Å². The van der Waals surface area contributed by atoms with Crippen LogP contribution < -0.4 is 5.32 Å². The summed E-state index contributed by atoms with van der Waals surface area (Å²) in [6.07, 6.45) is 1.82. The second kappa shape index (κ2) is 7.92. The van der Waals surface area contributed by atoms with Gasteiger partial charge in [0.25, 0.3) is 0 Å². The molecule has 10 heteroatoms. The lowest BCUT2D eigenvalue weighted by Gasteiger charge is -2.10. The van der Waals surface area contributed by atoms with E-state index < -0.39 is 0 Å². The second-order valence-corrected chi connectivity index (χ2v) is 8.17. The molecular formula is C19H19ClFN7S. The summed E-state index contributed by atoms with van der Waals surface area (Å²) in [5, 5.41) is 22.6. The molecule has 0 radical (unpaired) electrons. The molecule has 7 nitrogen and oxygen atoms in total. The Morgan fingerprint density at radius 1 is 1.17 bits per heavy atom. The zero-order chi connectivity index (χ0) is 20.5. The van der Waals surface area contributed by atoms with Crippen LogP contribution in [0.15, 0.2) is 36.5 Å². The molecule has 0 saturated heterocycles. The standard InChI is InChI=1S/C19H19ClFN7S/c1-11-8-12(2)28(25-11)13(3)18-23-24-19(29-18)22-17-6-7-27(26-17)10-14-4-5-15(21)9-16(14)20/h4-9,13H,10H2,1-3H3,(H,22,24,26). The molecule has 0 saturated carbocycles. The van der Waals surface area contributed by atoms with Gasteiger partial charge in [-0.05, 0) is 44.5 Å². The van der Waals surface area contributed by atoms with Crippen molar-refractivity contribution < 1.29 is 4.39 Å². The van der Waals surface area contributed by atoms with Crippen molar-refractivity contribution >= 4 is 33.9 Å². The summed E-state index contributed by atoms with van der Waals surface area (Å²) in [5.74, 6) is 0.285. The van der Waals surface area contributed by atoms with Gasteiger partial charge in [0.1, 0.15) is 16.9 Å². The van der Waals surface area contributed by atoms with Crippen LogP contribution in [0.2, 0.25) is 5.02 Å². The third kappa shape index (κ3) is 4.30. The summed E-state index contributed by atoms with van der Waals surface area (Å²) in [5.41, 5.74) is 2.85. The molecular weight excluding hydrogens is 413 g/mol. The number of halogens is 2. The van der Waals surface area contributed by atoms with Gasteiger partial charge in [-0.2, -0.15) is 10.2 Å². The first-order valence-electron chi connectivity index (χ1n) is 8.99. The van der Waals surface area contributed by atoms with Crippen molar-refractivity contribution in [1.82, 2.24) is 29.8 Å². The molecule has 150 valence electrons. The van der Waals surface area contributed by atoms with Crippen molar-refractivity contribution in [3.05, 3.63) is 69.3 Å². The number of hydrogen-bond acceptors (Lipinski definition) is 6. The summed E-state index contributed by atoms with van der Waals surface area (Å²) in [6, 6.07) is 8.21. The lowest BCUT2D eigenvalue weighted by Crippen LogP contribution is -2.10. The number of aromatic nitrogens is 6. The van der Waals surface area contributed by atoms with Gasteiger partial charge in [0, 0.05) is 23.0 Å². The van der Waals surface area contributed by atoms with Gasteiger partial charge in [0.15, 0.2) is 5.82 Å². The van der Waals surface area contributed by atoms with E-state index in [1.165, 1.54) is 23.5 Å². The average molecular weight is 432 g/mol. The Kier molecular flexibility index (Phi) is 5.33. The van der Waals surface area contributed by atoms with E-state index in [0.717, 1.165) is 22.0 Å². The third-order valence-electron chi connectivity index (χ3n) is 4.43. The lowest BCUT2D eigenvalue weighted by molar-refractivity contribution is 0.540. The third-order valence-corrected chi connectivity index (χ3v) is 5.79. The molecule has 1 aromatic carbocycles. The molecule has 29 heavy (non-hydrogen) atoms. The highest BCUT2D eigenvalue weighted by Crippen LogP contribution is 2.27. The number of nitrogens with one attached hydrogen (secondary N) is 1. The molecule has 0 spiro atoms. The van der Waals surface area contributed by atoms with Crippen LogP contribution >= 0.6 is 22.9 Å². The van der Waals surface area contributed by atoms with E-state index in [1.807, 2.05) is 43.8 Å². The van der Waals surface area contributed by atoms with Crippen molar-refractivity contribution in [3.63, 3.8) is 0 Å². The minimum atomic E-state index is -0.358. The molecule has 3 heterocycles. The summed E-state index contributed by atoms with van der Waals surface area (Å²) < 4.78 is 16.9. The van der Waals surface area contributed by atoms with Crippen LogP contribution in [0.4, 0.5) is 15.3 Å². The van der Waals surface area contributed by atoms with Crippen molar-refractivity contribution in [1.29, 1.82) is 0 Å². The Bertz CT molecular complexity index is 1150. The smallest absolute Gasteiger partial charge is 0.211 e. The molecule has 1 atom stereocenters. The van der Waals surface area contributed by atoms with Crippen LogP contribution in [0.3, 0.4) is 0 Å². The van der Waals surface area contributed by atoms with Gasteiger partial charge < -0.3 is 5.32 Å². The molecule has 3 aromatic heterocycles. The van der Waals surface area contributed by atoms with Gasteiger partial charge in [-0.3, -0.25) is 9.36 Å². The number of rotatable bonds is 6. The van der Waals surface area contributed by atoms with E-state index in [0.29, 0.717) is 22.5 Å². The topological polar surface area (TPSA) is 73.5 Å². The minimum Gasteiger partial charge on any atom is -0.313 e. The maximum atomic E-state index is 13.2. The van der Waals surface area contributed by atoms with Gasteiger partial charge in [-0.25, -0.2) is 4.39 Å². The fourth-order valence-corrected chi connectivity index (χ4v) is 4.06. The zero-order valence-corrected chi connectivity index (χ0v) is 17.7. The van der Waals surface area contributed by atoms with Gasteiger partial charge >= 0.3 is 0 Å². The fraction of sp³-hybridized carbons (Fsp3) is 0.263. The summed E-state index contributed by atoms with van der Waals surface area (Å²) in [7, 11) is 0. The molecule has 4 rings (SSSR count). The van der Waals surface area contributed by atoms with E-state index in [9.17, 15) is 4.39 Å². The maximum absolute atomic E-state index is 13.2. The molecule has 1 N–H and O–H groups in total. The Balaban J connectivity index is 1.45. The van der Waals surface area contributed by atoms with Gasteiger partial charge in [0.05, 0.1) is 12.2 Å². The number of benzene rings is 1. The first-order chi connectivity index (χ1) is 13.9. The van der Waals surface area contributed by atoms with E-state index in [1.54, 1.807) is 10.7 Å². The van der Waals surface area contributed by atoms with Crippen molar-refractivity contribution in [2.75, 3.05) is 5.32 Å². The summed E-state index contributed by atoms with van der Waals surface area (Å²) in [4.78, 5) is 0. The SMILES string of the molecule is Cc1cc(C)n(C(C)c2nnc(Nc3ccn(Cc4ccc(F)cc4Cl)n3)s2)n1. The zero-order valence-electron chi connectivity index (χ0n) is 16.1. The lowest BCUT2D eigenvalue weighted by atomic mass is 10.2. The van der Waals surface area contributed by atoms with E-state index >= 15 is 0 Å². The molecule has 0 amide bonds. The van der Waals surface area contributed by atoms with E-state index in [2.05, 4.69) is 25.7 Å². The molecule has 0 aliphatic heterocycles. The van der Waals surface area contributed by atoms with Crippen LogP contribution in [0.25, 0.3) is 0 Å². The predicted octanol–water partition coefficient (Wildman–Crippen LogP) is 4.74. The average Bonchev–Trinajstić information content (AvgIpc) is 3.38. The minimum absolute atomic E-state index is 0.00470. The molecule has 0 aliphatic rings. The van der Waals surface area contributed by atoms with Crippen LogP contribution in [0.5, 0.6) is 0 Å². The van der Waals surface area contributed by atoms with Gasteiger partial charge in [-0.1, -0.05) is 29.0 Å². The largest absolute Gasteiger partial charge is 0.313 e. The highest BCUT2D eigenvalue weighted by molar-refractivity contribution is 7.15. The molecule has 0 aliphatic carbocycles. The van der Waals surface area contributed by atoms with Crippen LogP contribution in [-0.4, -0.2) is 29.8 Å². The molecule has 1 unspecified atom stereocenters. The fourth-order valence-electron chi connectivity index (χ4n) is 3.05. The normalized spacial score (nSPS) is 12.3. The van der Waals surface area contributed by atoms with Gasteiger partial charge in [-0.15, -0.1) is 10.2 Å². The first-order valence-corrected chi connectivity index (χ1v) is 10.2. The van der Waals surface area contributed by atoms with Crippen LogP contribution in [0.1, 0.15) is 34.9 Å². The maximum Gasteiger partial charge on any atom is 0.211 e. The quantitative estimate of drug-likeness (QED) is 0.477. The Labute approximate surface area is 176 Å².